The van der Waals surface area contributed by atoms with E-state index < -0.39 is 9.84 Å². The number of esters is 1. The van der Waals surface area contributed by atoms with Gasteiger partial charge in [-0.25, -0.2) is 8.42 Å². The zero-order chi connectivity index (χ0) is 21.2. The van der Waals surface area contributed by atoms with Crippen LogP contribution in [0, 0.1) is 18.3 Å². The van der Waals surface area contributed by atoms with Crippen LogP contribution in [0.25, 0.3) is 5.52 Å². The molecule has 0 aliphatic rings. The molecule has 0 atom stereocenters. The van der Waals surface area contributed by atoms with E-state index in [1.807, 2.05) is 11.3 Å². The van der Waals surface area contributed by atoms with Crippen LogP contribution in [0.5, 0.6) is 0 Å². The Morgan fingerprint density at radius 1 is 1.24 bits per heavy atom. The smallest absolute Gasteiger partial charge is 0.311 e. The molecule has 3 rings (SSSR count). The number of fused-ring (bicyclic) bond motifs is 1. The zero-order valence-electron chi connectivity index (χ0n) is 16.3. The maximum Gasteiger partial charge on any atom is 0.311 e. The van der Waals surface area contributed by atoms with Crippen LogP contribution in [-0.2, 0) is 25.8 Å². The van der Waals surface area contributed by atoms with E-state index in [2.05, 4.69) is 6.07 Å². The Bertz CT molecular complexity index is 1220. The Hall–Kier alpha value is -2.76. The summed E-state index contributed by atoms with van der Waals surface area (Å²) in [6.45, 7) is 4.01. The molecule has 0 aliphatic carbocycles. The fraction of sp³-hybridized carbons (Fsp3) is 0.238. The van der Waals surface area contributed by atoms with Gasteiger partial charge in [-0.1, -0.05) is 11.8 Å². The highest BCUT2D eigenvalue weighted by molar-refractivity contribution is 7.99. The molecule has 2 aromatic heterocycles. The number of hydrogen-bond donors (Lipinski definition) is 0. The summed E-state index contributed by atoms with van der Waals surface area (Å²) in [5, 5.41) is 9.28. The first-order valence-electron chi connectivity index (χ1n) is 8.91. The van der Waals surface area contributed by atoms with E-state index in [0.29, 0.717) is 12.2 Å². The summed E-state index contributed by atoms with van der Waals surface area (Å²) in [5.41, 5.74) is 3.06. The second-order valence-electron chi connectivity index (χ2n) is 6.51. The molecule has 0 bridgehead atoms. The van der Waals surface area contributed by atoms with Crippen LogP contribution in [0.3, 0.4) is 0 Å². The summed E-state index contributed by atoms with van der Waals surface area (Å²) in [4.78, 5) is 14.1. The largest absolute Gasteiger partial charge is 0.466 e. The van der Waals surface area contributed by atoms with Gasteiger partial charge in [0, 0.05) is 27.9 Å². The molecular formula is C21H20N2O4S2. The summed E-state index contributed by atoms with van der Waals surface area (Å²) in [5.74, 6) is -0.312. The summed E-state index contributed by atoms with van der Waals surface area (Å²) >= 11 is 1.47. The average Bonchev–Trinajstić information content (AvgIpc) is 2.93. The highest BCUT2D eigenvalue weighted by Crippen LogP contribution is 2.38. The van der Waals surface area contributed by atoms with Gasteiger partial charge in [-0.15, -0.1) is 0 Å². The predicted molar refractivity (Wildman–Crippen MR) is 111 cm³/mol. The number of aromatic nitrogens is 1. The highest BCUT2D eigenvalue weighted by atomic mass is 32.2. The molecular weight excluding hydrogens is 408 g/mol. The summed E-state index contributed by atoms with van der Waals surface area (Å²) in [6, 6.07) is 12.3. The molecule has 0 aliphatic heterocycles. The molecule has 0 N–H and O–H groups in total. The number of sulfone groups is 1. The first kappa shape index (κ1) is 21.0. The van der Waals surface area contributed by atoms with Crippen molar-refractivity contribution >= 4 is 33.1 Å². The Morgan fingerprint density at radius 2 is 1.93 bits per heavy atom. The van der Waals surface area contributed by atoms with Crippen molar-refractivity contribution < 1.29 is 17.9 Å². The number of nitriles is 1. The van der Waals surface area contributed by atoms with Crippen molar-refractivity contribution in [3.63, 3.8) is 0 Å². The molecule has 0 fully saturated rings. The summed E-state index contributed by atoms with van der Waals surface area (Å²) in [6.07, 6.45) is 3.08. The average molecular weight is 429 g/mol. The van der Waals surface area contributed by atoms with Gasteiger partial charge < -0.3 is 9.14 Å². The van der Waals surface area contributed by atoms with Gasteiger partial charge in [-0.3, -0.25) is 4.79 Å². The Morgan fingerprint density at radius 3 is 2.52 bits per heavy atom. The van der Waals surface area contributed by atoms with Crippen LogP contribution >= 0.6 is 11.8 Å². The van der Waals surface area contributed by atoms with E-state index in [0.717, 1.165) is 26.6 Å². The van der Waals surface area contributed by atoms with Crippen molar-refractivity contribution in [2.45, 2.75) is 35.0 Å². The van der Waals surface area contributed by atoms with Gasteiger partial charge in [0.1, 0.15) is 0 Å². The maximum absolute atomic E-state index is 12.1. The van der Waals surface area contributed by atoms with Crippen molar-refractivity contribution in [1.82, 2.24) is 4.40 Å². The number of carbonyl (C=O) groups is 1. The van der Waals surface area contributed by atoms with E-state index in [1.165, 1.54) is 18.0 Å². The molecule has 1 aromatic carbocycles. The molecule has 2 heterocycles. The minimum Gasteiger partial charge on any atom is -0.466 e. The van der Waals surface area contributed by atoms with E-state index in [-0.39, 0.29) is 17.3 Å². The number of nitrogens with zero attached hydrogens (tertiary/aromatic N) is 2. The van der Waals surface area contributed by atoms with E-state index >= 15 is 0 Å². The minimum absolute atomic E-state index is 0.125. The maximum atomic E-state index is 12.1. The lowest BCUT2D eigenvalue weighted by atomic mass is 10.2. The third kappa shape index (κ3) is 4.47. The third-order valence-electron chi connectivity index (χ3n) is 4.47. The Labute approximate surface area is 174 Å². The number of ether oxygens (including phenoxy) is 1. The minimum atomic E-state index is -3.26. The molecule has 0 saturated carbocycles. The van der Waals surface area contributed by atoms with Crippen LogP contribution in [0.1, 0.15) is 23.7 Å². The predicted octanol–water partition coefficient (Wildman–Crippen LogP) is 3.78. The first-order chi connectivity index (χ1) is 13.7. The number of hydrogen-bond acceptors (Lipinski definition) is 6. The van der Waals surface area contributed by atoms with Crippen LogP contribution in [0.15, 0.2) is 57.3 Å². The summed E-state index contributed by atoms with van der Waals surface area (Å²) < 4.78 is 30.4. The van der Waals surface area contributed by atoms with Crippen LogP contribution in [0.4, 0.5) is 0 Å². The SMILES string of the molecule is CCOC(=O)Cc1c(C)c(Sc2ccc(S(C)(=O)=O)cc2)c2cc(C#N)ccn12. The molecule has 0 unspecified atom stereocenters. The van der Waals surface area contributed by atoms with Gasteiger partial charge in [0.2, 0.25) is 0 Å². The van der Waals surface area contributed by atoms with Gasteiger partial charge in [0.25, 0.3) is 0 Å². The van der Waals surface area contributed by atoms with Gasteiger partial charge in [0.05, 0.1) is 35.1 Å². The molecule has 0 amide bonds. The highest BCUT2D eigenvalue weighted by Gasteiger charge is 2.19. The first-order valence-corrected chi connectivity index (χ1v) is 11.6. The van der Waals surface area contributed by atoms with Crippen LogP contribution in [0.2, 0.25) is 0 Å². The fourth-order valence-electron chi connectivity index (χ4n) is 3.05. The standard InChI is InChI=1S/C21H20N2O4S2/c1-4-27-20(24)12-18-14(2)21(19-11-15(13-22)9-10-23(18)19)28-16-5-7-17(8-6-16)29(3,25)26/h5-11H,4,12H2,1-3H3. The number of benzene rings is 1. The van der Waals surface area contributed by atoms with E-state index in [4.69, 9.17) is 4.74 Å². The van der Waals surface area contributed by atoms with Crippen molar-refractivity contribution in [1.29, 1.82) is 5.26 Å². The molecule has 6 nitrogen and oxygen atoms in total. The molecule has 0 radical (unpaired) electrons. The molecule has 0 spiro atoms. The fourth-order valence-corrected chi connectivity index (χ4v) is 4.72. The Balaban J connectivity index is 2.07. The van der Waals surface area contributed by atoms with Crippen molar-refractivity contribution in [3.05, 3.63) is 59.4 Å². The Kier molecular flexibility index (Phi) is 6.01. The lowest BCUT2D eigenvalue weighted by molar-refractivity contribution is -0.142. The van der Waals surface area contributed by atoms with Crippen molar-refractivity contribution in [2.24, 2.45) is 0 Å². The van der Waals surface area contributed by atoms with E-state index in [1.54, 1.807) is 49.5 Å². The second-order valence-corrected chi connectivity index (χ2v) is 9.61. The normalized spacial score (nSPS) is 11.4. The van der Waals surface area contributed by atoms with Gasteiger partial charge in [-0.2, -0.15) is 5.26 Å². The topological polar surface area (TPSA) is 88.6 Å². The summed E-state index contributed by atoms with van der Waals surface area (Å²) in [7, 11) is -3.26. The monoisotopic (exact) mass is 428 g/mol. The van der Waals surface area contributed by atoms with Gasteiger partial charge in [-0.05, 0) is 55.8 Å². The number of pyridine rings is 1. The van der Waals surface area contributed by atoms with E-state index in [9.17, 15) is 18.5 Å². The number of rotatable bonds is 6. The van der Waals surface area contributed by atoms with Crippen LogP contribution < -0.4 is 0 Å². The van der Waals surface area contributed by atoms with Gasteiger partial charge >= 0.3 is 5.97 Å². The van der Waals surface area contributed by atoms with Crippen LogP contribution in [-0.4, -0.2) is 31.7 Å². The number of carbonyl (C=O) groups excluding carboxylic acids is 1. The van der Waals surface area contributed by atoms with Crippen molar-refractivity contribution in [3.8, 4) is 6.07 Å². The molecule has 8 heteroatoms. The zero-order valence-corrected chi connectivity index (χ0v) is 17.9. The van der Waals surface area contributed by atoms with Gasteiger partial charge in [0.15, 0.2) is 9.84 Å². The lowest BCUT2D eigenvalue weighted by Gasteiger charge is -2.04. The molecule has 0 saturated heterocycles. The van der Waals surface area contributed by atoms with Crippen molar-refractivity contribution in [2.75, 3.05) is 12.9 Å². The molecule has 29 heavy (non-hydrogen) atoms. The second kappa shape index (κ2) is 8.31. The quantitative estimate of drug-likeness (QED) is 0.555. The molecule has 150 valence electrons. The molecule has 3 aromatic rings. The lowest BCUT2D eigenvalue weighted by Crippen LogP contribution is -2.10. The third-order valence-corrected chi connectivity index (χ3v) is 6.83.